The van der Waals surface area contributed by atoms with Crippen LogP contribution < -0.4 is 0 Å². The number of esters is 1. The van der Waals surface area contributed by atoms with E-state index in [2.05, 4.69) is 0 Å². The Labute approximate surface area is 127 Å². The molecule has 0 bridgehead atoms. The van der Waals surface area contributed by atoms with Gasteiger partial charge in [0.15, 0.2) is 0 Å². The fourth-order valence-corrected chi connectivity index (χ4v) is 2.07. The van der Waals surface area contributed by atoms with Crippen LogP contribution in [0, 0.1) is 11.8 Å². The quantitative estimate of drug-likeness (QED) is 0.748. The molecular formula is C18H26O3. The van der Waals surface area contributed by atoms with Gasteiger partial charge in [0.2, 0.25) is 0 Å². The van der Waals surface area contributed by atoms with Gasteiger partial charge in [0, 0.05) is 12.3 Å². The van der Waals surface area contributed by atoms with Crippen LogP contribution >= 0.6 is 0 Å². The van der Waals surface area contributed by atoms with Crippen LogP contribution in [-0.4, -0.2) is 17.4 Å². The lowest BCUT2D eigenvalue weighted by atomic mass is 9.91. The summed E-state index contributed by atoms with van der Waals surface area (Å²) in [6.45, 7) is 9.16. The topological polar surface area (TPSA) is 43.4 Å². The van der Waals surface area contributed by atoms with Gasteiger partial charge in [-0.3, -0.25) is 9.59 Å². The van der Waals surface area contributed by atoms with Gasteiger partial charge in [-0.1, -0.05) is 44.2 Å². The molecule has 0 saturated carbocycles. The fraction of sp³-hybridized carbons (Fsp3) is 0.556. The van der Waals surface area contributed by atoms with E-state index in [-0.39, 0.29) is 24.1 Å². The second-order valence-corrected chi connectivity index (χ2v) is 6.70. The summed E-state index contributed by atoms with van der Waals surface area (Å²) in [5.74, 6) is -0.674. The number of hydrogen-bond acceptors (Lipinski definition) is 3. The Bertz CT molecular complexity index is 471. The Morgan fingerprint density at radius 2 is 1.62 bits per heavy atom. The third-order valence-electron chi connectivity index (χ3n) is 3.25. The van der Waals surface area contributed by atoms with Gasteiger partial charge in [-0.15, -0.1) is 0 Å². The molecule has 1 aromatic carbocycles. The molecule has 2 atom stereocenters. The first-order valence-electron chi connectivity index (χ1n) is 7.48. The molecule has 0 aliphatic rings. The summed E-state index contributed by atoms with van der Waals surface area (Å²) in [7, 11) is 0. The number of Topliss-reactive ketones (excluding diaryl/α,β-unsaturated/α-hetero) is 1. The van der Waals surface area contributed by atoms with E-state index >= 15 is 0 Å². The molecule has 1 rings (SSSR count). The van der Waals surface area contributed by atoms with E-state index in [0.29, 0.717) is 6.42 Å². The van der Waals surface area contributed by atoms with Crippen LogP contribution in [0.2, 0.25) is 0 Å². The molecule has 0 aliphatic heterocycles. The summed E-state index contributed by atoms with van der Waals surface area (Å²) in [5, 5.41) is 0. The molecule has 0 aromatic heterocycles. The average molecular weight is 290 g/mol. The Hall–Kier alpha value is -1.64. The first-order valence-corrected chi connectivity index (χ1v) is 7.48. The lowest BCUT2D eigenvalue weighted by Gasteiger charge is -2.22. The van der Waals surface area contributed by atoms with E-state index in [1.54, 1.807) is 6.92 Å². The van der Waals surface area contributed by atoms with Crippen LogP contribution in [0.1, 0.15) is 46.6 Å². The van der Waals surface area contributed by atoms with Gasteiger partial charge in [-0.05, 0) is 32.8 Å². The molecule has 0 aliphatic carbocycles. The number of carbonyl (C=O) groups is 2. The second-order valence-electron chi connectivity index (χ2n) is 6.70. The average Bonchev–Trinajstić information content (AvgIpc) is 2.37. The molecule has 0 heterocycles. The number of hydrogen-bond donors (Lipinski definition) is 0. The Morgan fingerprint density at radius 3 is 2.14 bits per heavy atom. The number of ether oxygens (including phenoxy) is 1. The molecule has 3 nitrogen and oxygen atoms in total. The Morgan fingerprint density at radius 1 is 1.05 bits per heavy atom. The van der Waals surface area contributed by atoms with Crippen molar-refractivity contribution in [1.29, 1.82) is 0 Å². The highest BCUT2D eigenvalue weighted by Crippen LogP contribution is 2.17. The molecule has 0 spiro atoms. The normalized spacial score (nSPS) is 14.3. The molecule has 0 amide bonds. The van der Waals surface area contributed by atoms with E-state index in [1.165, 1.54) is 0 Å². The third kappa shape index (κ3) is 6.56. The predicted octanol–water partition coefficient (Wildman–Crippen LogP) is 3.80. The van der Waals surface area contributed by atoms with Crippen molar-refractivity contribution in [3.63, 3.8) is 0 Å². The zero-order valence-electron chi connectivity index (χ0n) is 13.7. The van der Waals surface area contributed by atoms with E-state index in [9.17, 15) is 9.59 Å². The van der Waals surface area contributed by atoms with Crippen molar-refractivity contribution < 1.29 is 14.3 Å². The molecule has 21 heavy (non-hydrogen) atoms. The fourth-order valence-electron chi connectivity index (χ4n) is 2.07. The highest BCUT2D eigenvalue weighted by Gasteiger charge is 2.25. The minimum atomic E-state index is -0.510. The van der Waals surface area contributed by atoms with E-state index in [1.807, 2.05) is 58.0 Å². The summed E-state index contributed by atoms with van der Waals surface area (Å²) in [6.07, 6.45) is 0.948. The molecular weight excluding hydrogens is 264 g/mol. The van der Waals surface area contributed by atoms with Gasteiger partial charge in [0.25, 0.3) is 0 Å². The first kappa shape index (κ1) is 17.4. The smallest absolute Gasteiger partial charge is 0.309 e. The molecule has 116 valence electrons. The highest BCUT2D eigenvalue weighted by molar-refractivity contribution is 5.86. The summed E-state index contributed by atoms with van der Waals surface area (Å²) in [4.78, 5) is 24.1. The van der Waals surface area contributed by atoms with Gasteiger partial charge in [0.1, 0.15) is 11.4 Å². The molecule has 0 N–H and O–H groups in total. The standard InChI is InChI=1S/C18H26O3/c1-13(11-15-9-7-6-8-10-15)16(19)12-14(2)17(20)21-18(3,4)5/h6-10,13-14H,11-12H2,1-5H3/t13-,14-/m1/s1. The third-order valence-corrected chi connectivity index (χ3v) is 3.25. The molecule has 0 saturated heterocycles. The number of carbonyl (C=O) groups excluding carboxylic acids is 2. The maximum atomic E-state index is 12.2. The van der Waals surface area contributed by atoms with Crippen LogP contribution in [0.15, 0.2) is 30.3 Å². The van der Waals surface area contributed by atoms with E-state index < -0.39 is 11.5 Å². The van der Waals surface area contributed by atoms with Gasteiger partial charge < -0.3 is 4.74 Å². The van der Waals surface area contributed by atoms with Crippen molar-refractivity contribution in [2.24, 2.45) is 11.8 Å². The van der Waals surface area contributed by atoms with E-state index in [4.69, 9.17) is 4.74 Å². The highest BCUT2D eigenvalue weighted by atomic mass is 16.6. The molecule has 0 radical (unpaired) electrons. The van der Waals surface area contributed by atoms with Crippen LogP contribution in [-0.2, 0) is 20.7 Å². The van der Waals surface area contributed by atoms with Crippen molar-refractivity contribution in [3.8, 4) is 0 Å². The van der Waals surface area contributed by atoms with Gasteiger partial charge in [-0.25, -0.2) is 0 Å². The van der Waals surface area contributed by atoms with Crippen LogP contribution in [0.3, 0.4) is 0 Å². The zero-order valence-corrected chi connectivity index (χ0v) is 13.7. The second kappa shape index (κ2) is 7.39. The van der Waals surface area contributed by atoms with Crippen molar-refractivity contribution in [2.75, 3.05) is 0 Å². The maximum absolute atomic E-state index is 12.2. The lowest BCUT2D eigenvalue weighted by Crippen LogP contribution is -2.29. The van der Waals surface area contributed by atoms with Gasteiger partial charge >= 0.3 is 5.97 Å². The van der Waals surface area contributed by atoms with Gasteiger partial charge in [0.05, 0.1) is 5.92 Å². The number of ketones is 1. The van der Waals surface area contributed by atoms with Crippen LogP contribution in [0.5, 0.6) is 0 Å². The largest absolute Gasteiger partial charge is 0.460 e. The monoisotopic (exact) mass is 290 g/mol. The minimum Gasteiger partial charge on any atom is -0.460 e. The molecule has 3 heteroatoms. The lowest BCUT2D eigenvalue weighted by molar-refractivity contribution is -0.160. The Balaban J connectivity index is 2.50. The summed E-state index contributed by atoms with van der Waals surface area (Å²) in [6, 6.07) is 9.93. The minimum absolute atomic E-state index is 0.0858. The van der Waals surface area contributed by atoms with Crippen molar-refractivity contribution in [2.45, 2.75) is 53.1 Å². The summed E-state index contributed by atoms with van der Waals surface area (Å²) in [5.41, 5.74) is 0.632. The van der Waals surface area contributed by atoms with Crippen LogP contribution in [0.25, 0.3) is 0 Å². The molecule has 1 aromatic rings. The number of benzene rings is 1. The van der Waals surface area contributed by atoms with Crippen molar-refractivity contribution in [3.05, 3.63) is 35.9 Å². The van der Waals surface area contributed by atoms with Crippen molar-refractivity contribution >= 4 is 11.8 Å². The maximum Gasteiger partial charge on any atom is 0.309 e. The molecule has 0 unspecified atom stereocenters. The van der Waals surface area contributed by atoms with Gasteiger partial charge in [-0.2, -0.15) is 0 Å². The SMILES string of the molecule is C[C@H](Cc1ccccc1)C(=O)C[C@@H](C)C(=O)OC(C)(C)C. The van der Waals surface area contributed by atoms with Crippen LogP contribution in [0.4, 0.5) is 0 Å². The first-order chi connectivity index (χ1) is 9.69. The zero-order chi connectivity index (χ0) is 16.0. The Kier molecular flexibility index (Phi) is 6.13. The molecule has 0 fully saturated rings. The van der Waals surface area contributed by atoms with E-state index in [0.717, 1.165) is 5.56 Å². The van der Waals surface area contributed by atoms with Crippen molar-refractivity contribution in [1.82, 2.24) is 0 Å². The predicted molar refractivity (Wildman–Crippen MR) is 83.9 cm³/mol. The summed E-state index contributed by atoms with van der Waals surface area (Å²) >= 11 is 0. The summed E-state index contributed by atoms with van der Waals surface area (Å²) < 4.78 is 5.31. The number of rotatable bonds is 6.